The predicted molar refractivity (Wildman–Crippen MR) is 121 cm³/mol. The molecule has 0 bridgehead atoms. The molecule has 2 aromatic rings. The second-order valence-electron chi connectivity index (χ2n) is 8.43. The Kier molecular flexibility index (Phi) is 7.72. The number of nitrogens with zero attached hydrogens (tertiary/aromatic N) is 3. The molecule has 0 spiro atoms. The van der Waals surface area contributed by atoms with E-state index in [0.717, 1.165) is 43.8 Å². The van der Waals surface area contributed by atoms with Gasteiger partial charge >= 0.3 is 0 Å². The van der Waals surface area contributed by atoms with Gasteiger partial charge in [0.05, 0.1) is 13.0 Å². The van der Waals surface area contributed by atoms with Gasteiger partial charge < -0.3 is 19.3 Å². The first kappa shape index (κ1) is 22.3. The van der Waals surface area contributed by atoms with Crippen LogP contribution in [0.3, 0.4) is 0 Å². The van der Waals surface area contributed by atoms with Crippen LogP contribution in [0, 0.1) is 5.92 Å². The van der Waals surface area contributed by atoms with Crippen LogP contribution in [0.4, 0.5) is 0 Å². The Morgan fingerprint density at radius 2 is 1.72 bits per heavy atom. The van der Waals surface area contributed by atoms with Crippen molar-refractivity contribution in [1.82, 2.24) is 14.8 Å². The molecule has 1 aromatic heterocycles. The van der Waals surface area contributed by atoms with Crippen molar-refractivity contribution in [3.8, 4) is 5.75 Å². The number of ether oxygens (including phenoxy) is 2. The lowest BCUT2D eigenvalue weighted by molar-refractivity contribution is -0.131. The molecule has 0 aliphatic carbocycles. The zero-order valence-corrected chi connectivity index (χ0v) is 18.4. The van der Waals surface area contributed by atoms with Crippen LogP contribution in [0.25, 0.3) is 0 Å². The second kappa shape index (κ2) is 11.1. The fourth-order valence-electron chi connectivity index (χ4n) is 4.20. The molecule has 0 saturated carbocycles. The van der Waals surface area contributed by atoms with Crippen molar-refractivity contribution < 1.29 is 19.1 Å². The molecule has 0 radical (unpaired) electrons. The molecule has 4 rings (SSSR count). The summed E-state index contributed by atoms with van der Waals surface area (Å²) in [7, 11) is 0. The van der Waals surface area contributed by atoms with Gasteiger partial charge in [-0.25, -0.2) is 0 Å². The average molecular weight is 438 g/mol. The number of piperazine rings is 1. The topological polar surface area (TPSA) is 72.0 Å². The highest BCUT2D eigenvalue weighted by Crippen LogP contribution is 2.20. The number of rotatable bonds is 7. The van der Waals surface area contributed by atoms with Crippen LogP contribution in [0.1, 0.15) is 35.2 Å². The smallest absolute Gasteiger partial charge is 0.253 e. The first-order valence-electron chi connectivity index (χ1n) is 11.5. The van der Waals surface area contributed by atoms with Crippen molar-refractivity contribution in [2.75, 3.05) is 46.0 Å². The lowest BCUT2D eigenvalue weighted by atomic mass is 9.97. The molecule has 7 nitrogen and oxygen atoms in total. The molecular weight excluding hydrogens is 406 g/mol. The summed E-state index contributed by atoms with van der Waals surface area (Å²) in [5.74, 6) is 1.55. The van der Waals surface area contributed by atoms with E-state index in [4.69, 9.17) is 9.47 Å². The van der Waals surface area contributed by atoms with E-state index in [1.165, 1.54) is 0 Å². The molecule has 2 saturated heterocycles. The summed E-state index contributed by atoms with van der Waals surface area (Å²) >= 11 is 0. The minimum absolute atomic E-state index is 0.00175. The summed E-state index contributed by atoms with van der Waals surface area (Å²) < 4.78 is 11.3. The Morgan fingerprint density at radius 3 is 2.41 bits per heavy atom. The van der Waals surface area contributed by atoms with E-state index >= 15 is 0 Å². The summed E-state index contributed by atoms with van der Waals surface area (Å²) in [5, 5.41) is 0. The molecule has 3 heterocycles. The van der Waals surface area contributed by atoms with Gasteiger partial charge in [0, 0.05) is 57.3 Å². The van der Waals surface area contributed by atoms with E-state index in [1.807, 2.05) is 46.2 Å². The quantitative estimate of drug-likeness (QED) is 0.666. The van der Waals surface area contributed by atoms with Crippen molar-refractivity contribution in [2.24, 2.45) is 5.92 Å². The third kappa shape index (κ3) is 6.07. The van der Waals surface area contributed by atoms with Crippen LogP contribution in [-0.2, 0) is 16.0 Å². The third-order valence-electron chi connectivity index (χ3n) is 6.23. The van der Waals surface area contributed by atoms with Crippen LogP contribution in [0.15, 0.2) is 48.8 Å². The summed E-state index contributed by atoms with van der Waals surface area (Å²) in [5.41, 5.74) is 1.56. The summed E-state index contributed by atoms with van der Waals surface area (Å²) in [4.78, 5) is 33.1. The van der Waals surface area contributed by atoms with Gasteiger partial charge in [-0.2, -0.15) is 0 Å². The normalized spacial score (nSPS) is 17.2. The standard InChI is InChI=1S/C25H31N3O4/c29-24(18-21-2-1-10-26-19-21)27-11-13-28(14-12-27)25(30)22-3-5-23(6-4-22)32-17-9-20-7-15-31-16-8-20/h1-6,10,19-20H,7-9,11-18H2. The fraction of sp³-hybridized carbons (Fsp3) is 0.480. The van der Waals surface area contributed by atoms with Crippen molar-refractivity contribution >= 4 is 11.8 Å². The number of carbonyl (C=O) groups is 2. The van der Waals surface area contributed by atoms with Gasteiger partial charge in [0.2, 0.25) is 5.91 Å². The predicted octanol–water partition coefficient (Wildman–Crippen LogP) is 2.80. The van der Waals surface area contributed by atoms with Crippen LogP contribution >= 0.6 is 0 Å². The van der Waals surface area contributed by atoms with Crippen LogP contribution in [0.5, 0.6) is 5.75 Å². The van der Waals surface area contributed by atoms with Gasteiger partial charge in [-0.15, -0.1) is 0 Å². The molecule has 2 aliphatic rings. The zero-order valence-electron chi connectivity index (χ0n) is 18.4. The minimum Gasteiger partial charge on any atom is -0.494 e. The van der Waals surface area contributed by atoms with E-state index in [9.17, 15) is 9.59 Å². The molecule has 0 N–H and O–H groups in total. The molecule has 170 valence electrons. The van der Waals surface area contributed by atoms with E-state index in [2.05, 4.69) is 4.98 Å². The van der Waals surface area contributed by atoms with Crippen molar-refractivity contribution in [3.63, 3.8) is 0 Å². The highest BCUT2D eigenvalue weighted by molar-refractivity contribution is 5.94. The van der Waals surface area contributed by atoms with Crippen molar-refractivity contribution in [2.45, 2.75) is 25.7 Å². The highest BCUT2D eigenvalue weighted by atomic mass is 16.5. The van der Waals surface area contributed by atoms with Gasteiger partial charge in [0.15, 0.2) is 0 Å². The molecule has 0 atom stereocenters. The largest absolute Gasteiger partial charge is 0.494 e. The number of carbonyl (C=O) groups excluding carboxylic acids is 2. The maximum atomic E-state index is 12.9. The zero-order chi connectivity index (χ0) is 22.2. The Balaban J connectivity index is 1.21. The Bertz CT molecular complexity index is 874. The first-order chi connectivity index (χ1) is 15.7. The number of aromatic nitrogens is 1. The number of hydrogen-bond acceptors (Lipinski definition) is 5. The molecular formula is C25H31N3O4. The third-order valence-corrected chi connectivity index (χ3v) is 6.23. The summed E-state index contributed by atoms with van der Waals surface area (Å²) in [6.45, 7) is 4.59. The monoisotopic (exact) mass is 437 g/mol. The molecule has 2 amide bonds. The van der Waals surface area contributed by atoms with Gasteiger partial charge in [-0.3, -0.25) is 14.6 Å². The molecule has 32 heavy (non-hydrogen) atoms. The number of benzene rings is 1. The summed E-state index contributed by atoms with van der Waals surface area (Å²) in [6, 6.07) is 11.1. The van der Waals surface area contributed by atoms with E-state index in [0.29, 0.717) is 50.7 Å². The van der Waals surface area contributed by atoms with Gasteiger partial charge in [0.25, 0.3) is 5.91 Å². The average Bonchev–Trinajstić information content (AvgIpc) is 2.85. The molecule has 7 heteroatoms. The van der Waals surface area contributed by atoms with Crippen LogP contribution < -0.4 is 4.74 Å². The number of amides is 2. The molecule has 2 aliphatic heterocycles. The Hall–Kier alpha value is -2.93. The maximum Gasteiger partial charge on any atom is 0.253 e. The lowest BCUT2D eigenvalue weighted by Crippen LogP contribution is -2.51. The Labute approximate surface area is 189 Å². The lowest BCUT2D eigenvalue weighted by Gasteiger charge is -2.35. The van der Waals surface area contributed by atoms with E-state index < -0.39 is 0 Å². The molecule has 0 unspecified atom stereocenters. The highest BCUT2D eigenvalue weighted by Gasteiger charge is 2.25. The first-order valence-corrected chi connectivity index (χ1v) is 11.5. The van der Waals surface area contributed by atoms with Gasteiger partial charge in [-0.1, -0.05) is 6.07 Å². The maximum absolute atomic E-state index is 12.9. The number of hydrogen-bond donors (Lipinski definition) is 0. The van der Waals surface area contributed by atoms with Crippen LogP contribution in [-0.4, -0.2) is 72.6 Å². The van der Waals surface area contributed by atoms with E-state index in [-0.39, 0.29) is 11.8 Å². The van der Waals surface area contributed by atoms with Crippen molar-refractivity contribution in [3.05, 3.63) is 59.9 Å². The molecule has 1 aromatic carbocycles. The van der Waals surface area contributed by atoms with Crippen LogP contribution in [0.2, 0.25) is 0 Å². The molecule has 2 fully saturated rings. The SMILES string of the molecule is O=C(Cc1cccnc1)N1CCN(C(=O)c2ccc(OCCC3CCOCC3)cc2)CC1. The van der Waals surface area contributed by atoms with Gasteiger partial charge in [-0.05, 0) is 61.1 Å². The van der Waals surface area contributed by atoms with Crippen molar-refractivity contribution in [1.29, 1.82) is 0 Å². The second-order valence-corrected chi connectivity index (χ2v) is 8.43. The van der Waals surface area contributed by atoms with Gasteiger partial charge in [0.1, 0.15) is 5.75 Å². The minimum atomic E-state index is -0.00175. The van der Waals surface area contributed by atoms with E-state index in [1.54, 1.807) is 12.4 Å². The fourth-order valence-corrected chi connectivity index (χ4v) is 4.20. The number of pyridine rings is 1. The summed E-state index contributed by atoms with van der Waals surface area (Å²) in [6.07, 6.45) is 7.02. The Morgan fingerprint density at radius 1 is 1.00 bits per heavy atom.